The van der Waals surface area contributed by atoms with Crippen molar-refractivity contribution < 1.29 is 32.2 Å². The molecule has 1 atom stereocenters. The summed E-state index contributed by atoms with van der Waals surface area (Å²) >= 11 is 0. The maximum absolute atomic E-state index is 13.1. The molecule has 2 aromatic carbocycles. The van der Waals surface area contributed by atoms with E-state index in [0.29, 0.717) is 6.42 Å². The fraction of sp³-hybridized carbons (Fsp3) is 0.364. The Morgan fingerprint density at radius 1 is 1.19 bits per heavy atom. The minimum Gasteiger partial charge on any atom is -0.489 e. The Labute approximate surface area is 177 Å². The van der Waals surface area contributed by atoms with Crippen LogP contribution in [0.4, 0.5) is 24.5 Å². The van der Waals surface area contributed by atoms with Crippen LogP contribution in [0.5, 0.6) is 5.75 Å². The number of halogens is 3. The van der Waals surface area contributed by atoms with E-state index in [-0.39, 0.29) is 49.3 Å². The van der Waals surface area contributed by atoms with Crippen molar-refractivity contribution >= 4 is 23.2 Å². The van der Waals surface area contributed by atoms with E-state index in [4.69, 9.17) is 9.47 Å². The summed E-state index contributed by atoms with van der Waals surface area (Å²) < 4.78 is 49.5. The van der Waals surface area contributed by atoms with E-state index in [1.54, 1.807) is 0 Å². The average Bonchev–Trinajstić information content (AvgIpc) is 2.72. The highest BCUT2D eigenvalue weighted by Crippen LogP contribution is 2.35. The third kappa shape index (κ3) is 5.97. The van der Waals surface area contributed by atoms with Crippen LogP contribution in [0.15, 0.2) is 42.5 Å². The zero-order valence-corrected chi connectivity index (χ0v) is 16.9. The second-order valence-corrected chi connectivity index (χ2v) is 7.18. The summed E-state index contributed by atoms with van der Waals surface area (Å²) in [6.07, 6.45) is -3.80. The molecular weight excluding hydrogens is 413 g/mol. The molecule has 2 amide bonds. The Balaban J connectivity index is 1.65. The Bertz CT molecular complexity index is 947. The van der Waals surface area contributed by atoms with Gasteiger partial charge < -0.3 is 20.1 Å². The number of benzene rings is 2. The normalized spacial score (nSPS) is 15.7. The van der Waals surface area contributed by atoms with E-state index >= 15 is 0 Å². The molecule has 0 bridgehead atoms. The predicted molar refractivity (Wildman–Crippen MR) is 109 cm³/mol. The van der Waals surface area contributed by atoms with Gasteiger partial charge in [0.25, 0.3) is 0 Å². The number of para-hydroxylation sites is 1. The fourth-order valence-corrected chi connectivity index (χ4v) is 3.33. The molecule has 0 saturated carbocycles. The van der Waals surface area contributed by atoms with E-state index < -0.39 is 17.6 Å². The zero-order valence-electron chi connectivity index (χ0n) is 16.9. The Hall–Kier alpha value is -3.07. The van der Waals surface area contributed by atoms with Crippen LogP contribution in [-0.4, -0.2) is 32.1 Å². The molecule has 1 unspecified atom stereocenters. The molecule has 0 spiro atoms. The molecule has 0 radical (unpaired) electrons. The van der Waals surface area contributed by atoms with Crippen molar-refractivity contribution in [3.63, 3.8) is 0 Å². The summed E-state index contributed by atoms with van der Waals surface area (Å²) in [6, 6.07) is 10.3. The first kappa shape index (κ1) is 22.6. The Morgan fingerprint density at radius 2 is 1.97 bits per heavy atom. The lowest BCUT2D eigenvalue weighted by Crippen LogP contribution is -2.30. The number of fused-ring (bicyclic) bond motifs is 1. The first-order valence-electron chi connectivity index (χ1n) is 9.79. The van der Waals surface area contributed by atoms with Gasteiger partial charge in [0, 0.05) is 25.1 Å². The molecule has 1 aliphatic rings. The summed E-state index contributed by atoms with van der Waals surface area (Å²) in [5.74, 6) is -0.945. The highest BCUT2D eigenvalue weighted by Gasteiger charge is 2.31. The SMILES string of the molecule is COCCOc1ccc(C(F)(F)F)cc1NC(=O)CCC1Cc2ccccc2NC1=O. The van der Waals surface area contributed by atoms with Crippen molar-refractivity contribution in [3.8, 4) is 5.75 Å². The molecule has 0 aromatic heterocycles. The van der Waals surface area contributed by atoms with E-state index in [1.165, 1.54) is 13.2 Å². The fourth-order valence-electron chi connectivity index (χ4n) is 3.33. The minimum absolute atomic E-state index is 0.0198. The highest BCUT2D eigenvalue weighted by atomic mass is 19.4. The van der Waals surface area contributed by atoms with E-state index in [9.17, 15) is 22.8 Å². The number of nitrogens with one attached hydrogen (secondary N) is 2. The topological polar surface area (TPSA) is 76.7 Å². The van der Waals surface area contributed by atoms with Gasteiger partial charge in [-0.15, -0.1) is 0 Å². The highest BCUT2D eigenvalue weighted by molar-refractivity contribution is 5.97. The van der Waals surface area contributed by atoms with Gasteiger partial charge >= 0.3 is 6.18 Å². The van der Waals surface area contributed by atoms with Gasteiger partial charge in [0.1, 0.15) is 12.4 Å². The molecule has 0 fully saturated rings. The molecule has 0 saturated heterocycles. The largest absolute Gasteiger partial charge is 0.489 e. The molecule has 1 aliphatic heterocycles. The molecule has 31 heavy (non-hydrogen) atoms. The number of hydrogen-bond acceptors (Lipinski definition) is 4. The summed E-state index contributed by atoms with van der Waals surface area (Å²) in [5.41, 5.74) is 0.772. The van der Waals surface area contributed by atoms with Crippen LogP contribution in [0, 0.1) is 5.92 Å². The zero-order chi connectivity index (χ0) is 22.4. The van der Waals surface area contributed by atoms with Gasteiger partial charge in [-0.2, -0.15) is 13.2 Å². The van der Waals surface area contributed by atoms with Crippen LogP contribution in [0.25, 0.3) is 0 Å². The quantitative estimate of drug-likeness (QED) is 0.607. The van der Waals surface area contributed by atoms with Crippen molar-refractivity contribution in [3.05, 3.63) is 53.6 Å². The first-order chi connectivity index (χ1) is 14.8. The second kappa shape index (κ2) is 9.82. The maximum atomic E-state index is 13.1. The van der Waals surface area contributed by atoms with E-state index in [0.717, 1.165) is 23.4 Å². The Morgan fingerprint density at radius 3 is 2.71 bits per heavy atom. The molecule has 3 rings (SSSR count). The number of amides is 2. The number of anilines is 2. The summed E-state index contributed by atoms with van der Waals surface area (Å²) in [5, 5.41) is 5.30. The van der Waals surface area contributed by atoms with Gasteiger partial charge in [-0.1, -0.05) is 18.2 Å². The predicted octanol–water partition coefficient (Wildman–Crippen LogP) is 4.26. The van der Waals surface area contributed by atoms with Gasteiger partial charge in [0.05, 0.1) is 17.9 Å². The van der Waals surface area contributed by atoms with Crippen LogP contribution >= 0.6 is 0 Å². The molecule has 2 N–H and O–H groups in total. The minimum atomic E-state index is -4.56. The number of methoxy groups -OCH3 is 1. The molecule has 166 valence electrons. The lowest BCUT2D eigenvalue weighted by atomic mass is 9.89. The molecule has 2 aromatic rings. The van der Waals surface area contributed by atoms with Crippen LogP contribution in [0.3, 0.4) is 0 Å². The number of hydrogen-bond donors (Lipinski definition) is 2. The monoisotopic (exact) mass is 436 g/mol. The van der Waals surface area contributed by atoms with Crippen molar-refractivity contribution in [2.24, 2.45) is 5.92 Å². The van der Waals surface area contributed by atoms with Crippen molar-refractivity contribution in [1.82, 2.24) is 0 Å². The summed E-state index contributed by atoms with van der Waals surface area (Å²) in [7, 11) is 1.47. The van der Waals surface area contributed by atoms with E-state index in [2.05, 4.69) is 10.6 Å². The van der Waals surface area contributed by atoms with Gasteiger partial charge in [0.15, 0.2) is 0 Å². The number of alkyl halides is 3. The van der Waals surface area contributed by atoms with Crippen LogP contribution < -0.4 is 15.4 Å². The maximum Gasteiger partial charge on any atom is 0.416 e. The van der Waals surface area contributed by atoms with Crippen LogP contribution in [0.1, 0.15) is 24.0 Å². The summed E-state index contributed by atoms with van der Waals surface area (Å²) in [4.78, 5) is 24.7. The standard InChI is InChI=1S/C22H23F3N2O4/c1-30-10-11-31-19-8-7-16(22(23,24)25)13-18(19)26-20(28)9-6-15-12-14-4-2-3-5-17(14)27-21(15)29/h2-5,7-8,13,15H,6,9-12H2,1H3,(H,26,28)(H,27,29). The molecule has 1 heterocycles. The first-order valence-corrected chi connectivity index (χ1v) is 9.79. The molecule has 6 nitrogen and oxygen atoms in total. The van der Waals surface area contributed by atoms with Crippen molar-refractivity contribution in [1.29, 1.82) is 0 Å². The molecular formula is C22H23F3N2O4. The van der Waals surface area contributed by atoms with Gasteiger partial charge in [0.2, 0.25) is 11.8 Å². The van der Waals surface area contributed by atoms with Gasteiger partial charge in [-0.05, 0) is 42.7 Å². The van der Waals surface area contributed by atoms with Crippen LogP contribution in [-0.2, 0) is 26.9 Å². The molecule has 9 heteroatoms. The van der Waals surface area contributed by atoms with Gasteiger partial charge in [-0.3, -0.25) is 9.59 Å². The number of carbonyl (C=O) groups excluding carboxylic acids is 2. The van der Waals surface area contributed by atoms with Gasteiger partial charge in [-0.25, -0.2) is 0 Å². The average molecular weight is 436 g/mol. The van der Waals surface area contributed by atoms with Crippen LogP contribution in [0.2, 0.25) is 0 Å². The third-order valence-corrected chi connectivity index (χ3v) is 4.96. The number of carbonyl (C=O) groups is 2. The van der Waals surface area contributed by atoms with Crippen molar-refractivity contribution in [2.45, 2.75) is 25.4 Å². The van der Waals surface area contributed by atoms with E-state index in [1.807, 2.05) is 24.3 Å². The van der Waals surface area contributed by atoms with Crippen molar-refractivity contribution in [2.75, 3.05) is 31.0 Å². The lowest BCUT2D eigenvalue weighted by molar-refractivity contribution is -0.137. The lowest BCUT2D eigenvalue weighted by Gasteiger charge is -2.24. The Kier molecular flexibility index (Phi) is 7.17. The third-order valence-electron chi connectivity index (χ3n) is 4.96. The smallest absolute Gasteiger partial charge is 0.416 e. The summed E-state index contributed by atoms with van der Waals surface area (Å²) in [6.45, 7) is 0.360. The number of ether oxygens (including phenoxy) is 2. The number of rotatable bonds is 8. The molecule has 0 aliphatic carbocycles. The second-order valence-electron chi connectivity index (χ2n) is 7.18.